The quantitative estimate of drug-likeness (QED) is 0.416. The number of fused-ring (bicyclic) bond motifs is 4. The first-order valence-electron chi connectivity index (χ1n) is 13.2. The Bertz CT molecular complexity index is 833. The lowest BCUT2D eigenvalue weighted by atomic mass is 9.52. The fourth-order valence-corrected chi connectivity index (χ4v) is 7.23. The Kier molecular flexibility index (Phi) is 7.45. The fourth-order valence-electron chi connectivity index (χ4n) is 7.23. The summed E-state index contributed by atoms with van der Waals surface area (Å²) >= 11 is 0. The number of aliphatic carboxylic acids is 1. The summed E-state index contributed by atoms with van der Waals surface area (Å²) in [6.07, 6.45) is 18.7. The van der Waals surface area contributed by atoms with Crippen molar-refractivity contribution in [3.63, 3.8) is 0 Å². The first-order valence-corrected chi connectivity index (χ1v) is 13.2. The molecule has 2 bridgehead atoms. The highest BCUT2D eigenvalue weighted by atomic mass is 16.4. The van der Waals surface area contributed by atoms with Gasteiger partial charge in [0.05, 0.1) is 6.10 Å². The van der Waals surface area contributed by atoms with Crippen molar-refractivity contribution >= 4 is 5.97 Å². The van der Waals surface area contributed by atoms with E-state index >= 15 is 0 Å². The fraction of sp³-hybridized carbons (Fsp3) is 0.767. The molecule has 3 heteroatoms. The second kappa shape index (κ2) is 9.36. The van der Waals surface area contributed by atoms with Crippen LogP contribution in [0.15, 0.2) is 35.5 Å². The van der Waals surface area contributed by atoms with Crippen molar-refractivity contribution in [2.75, 3.05) is 0 Å². The molecule has 2 fully saturated rings. The molecule has 3 rings (SSSR count). The van der Waals surface area contributed by atoms with Gasteiger partial charge in [0, 0.05) is 5.57 Å². The number of carboxylic acid groups (broad SMARTS) is 1. The molecule has 3 nitrogen and oxygen atoms in total. The van der Waals surface area contributed by atoms with Crippen molar-refractivity contribution in [1.82, 2.24) is 0 Å². The van der Waals surface area contributed by atoms with E-state index in [1.807, 2.05) is 6.08 Å². The third kappa shape index (κ3) is 5.19. The molecule has 0 radical (unpaired) electrons. The van der Waals surface area contributed by atoms with E-state index in [-0.39, 0.29) is 22.3 Å². The first-order chi connectivity index (χ1) is 15.2. The summed E-state index contributed by atoms with van der Waals surface area (Å²) in [6.45, 7) is 16.0. The van der Waals surface area contributed by atoms with Crippen LogP contribution in [0, 0.1) is 33.5 Å². The smallest absolute Gasteiger partial charge is 0.330 e. The monoisotopic (exact) mass is 456 g/mol. The molecule has 0 aromatic carbocycles. The zero-order chi connectivity index (χ0) is 24.7. The van der Waals surface area contributed by atoms with Crippen molar-refractivity contribution < 1.29 is 15.0 Å². The van der Waals surface area contributed by atoms with Gasteiger partial charge in [0.2, 0.25) is 0 Å². The van der Waals surface area contributed by atoms with E-state index < -0.39 is 5.97 Å². The van der Waals surface area contributed by atoms with Crippen LogP contribution in [0.3, 0.4) is 0 Å². The van der Waals surface area contributed by atoms with Gasteiger partial charge in [-0.1, -0.05) is 71.4 Å². The van der Waals surface area contributed by atoms with Gasteiger partial charge in [0.15, 0.2) is 0 Å². The zero-order valence-electron chi connectivity index (χ0n) is 22.2. The molecule has 186 valence electrons. The lowest BCUT2D eigenvalue weighted by molar-refractivity contribution is -0.132. The highest BCUT2D eigenvalue weighted by molar-refractivity contribution is 5.85. The minimum absolute atomic E-state index is 0.0458. The van der Waals surface area contributed by atoms with E-state index in [0.29, 0.717) is 22.8 Å². The Morgan fingerprint density at radius 1 is 1.12 bits per heavy atom. The average Bonchev–Trinajstić information content (AvgIpc) is 2.79. The van der Waals surface area contributed by atoms with Gasteiger partial charge in [0.1, 0.15) is 0 Å². The molecule has 0 spiro atoms. The molecule has 2 N–H and O–H groups in total. The number of allylic oxidation sites excluding steroid dienone is 5. The predicted molar refractivity (Wildman–Crippen MR) is 137 cm³/mol. The van der Waals surface area contributed by atoms with Crippen LogP contribution in [0.2, 0.25) is 0 Å². The van der Waals surface area contributed by atoms with Gasteiger partial charge in [-0.3, -0.25) is 0 Å². The minimum atomic E-state index is -0.815. The van der Waals surface area contributed by atoms with Crippen LogP contribution in [0.25, 0.3) is 0 Å². The third-order valence-electron chi connectivity index (χ3n) is 10.4. The minimum Gasteiger partial charge on any atom is -0.478 e. The van der Waals surface area contributed by atoms with Crippen LogP contribution in [-0.4, -0.2) is 22.3 Å². The Balaban J connectivity index is 1.89. The largest absolute Gasteiger partial charge is 0.478 e. The number of rotatable bonds is 5. The van der Waals surface area contributed by atoms with Gasteiger partial charge in [-0.2, -0.15) is 0 Å². The van der Waals surface area contributed by atoms with Gasteiger partial charge < -0.3 is 10.2 Å². The second-order valence-electron chi connectivity index (χ2n) is 13.1. The molecule has 0 amide bonds. The molecule has 0 unspecified atom stereocenters. The Morgan fingerprint density at radius 2 is 1.82 bits per heavy atom. The maximum Gasteiger partial charge on any atom is 0.330 e. The van der Waals surface area contributed by atoms with E-state index in [4.69, 9.17) is 5.11 Å². The molecule has 0 aromatic rings. The van der Waals surface area contributed by atoms with E-state index in [2.05, 4.69) is 59.8 Å². The summed E-state index contributed by atoms with van der Waals surface area (Å²) < 4.78 is 0. The lowest BCUT2D eigenvalue weighted by Crippen LogP contribution is -2.50. The summed E-state index contributed by atoms with van der Waals surface area (Å²) in [5.41, 5.74) is 2.56. The summed E-state index contributed by atoms with van der Waals surface area (Å²) in [6, 6.07) is 0. The second-order valence-corrected chi connectivity index (χ2v) is 13.1. The number of carboxylic acids is 1. The SMILES string of the molecule is C/C(=C\CC[C@@H](C)[C@@]1(C)/C=C\C=C2/C[C@](C)(CC[C@H]3C(C)(C)[C@H](O)CC[C@]23C)CC1)C(=O)O. The summed E-state index contributed by atoms with van der Waals surface area (Å²) in [5.74, 6) is 0.189. The molecule has 0 saturated heterocycles. The molecule has 0 heterocycles. The molecule has 6 atom stereocenters. The Morgan fingerprint density at radius 3 is 2.48 bits per heavy atom. The van der Waals surface area contributed by atoms with Gasteiger partial charge in [-0.05, 0) is 98.2 Å². The van der Waals surface area contributed by atoms with Crippen LogP contribution in [-0.2, 0) is 4.79 Å². The number of aliphatic hydroxyl groups is 1. The highest BCUT2D eigenvalue weighted by Gasteiger charge is 2.54. The molecule has 33 heavy (non-hydrogen) atoms. The molecule has 0 aliphatic heterocycles. The van der Waals surface area contributed by atoms with Gasteiger partial charge in [-0.15, -0.1) is 0 Å². The average molecular weight is 457 g/mol. The topological polar surface area (TPSA) is 57.5 Å². The van der Waals surface area contributed by atoms with Crippen molar-refractivity contribution in [1.29, 1.82) is 0 Å². The van der Waals surface area contributed by atoms with Crippen LogP contribution in [0.5, 0.6) is 0 Å². The number of hydrogen-bond donors (Lipinski definition) is 2. The van der Waals surface area contributed by atoms with Crippen LogP contribution in [0.1, 0.15) is 106 Å². The molecule has 2 saturated carbocycles. The number of hydrogen-bond acceptors (Lipinski definition) is 2. The lowest BCUT2D eigenvalue weighted by Gasteiger charge is -2.53. The number of carbonyl (C=O) groups is 1. The van der Waals surface area contributed by atoms with Gasteiger partial charge >= 0.3 is 5.97 Å². The summed E-state index contributed by atoms with van der Waals surface area (Å²) in [7, 11) is 0. The maximum absolute atomic E-state index is 11.1. The van der Waals surface area contributed by atoms with Crippen LogP contribution >= 0.6 is 0 Å². The van der Waals surface area contributed by atoms with Gasteiger partial charge in [-0.25, -0.2) is 4.79 Å². The Hall–Kier alpha value is -1.35. The van der Waals surface area contributed by atoms with Gasteiger partial charge in [0.25, 0.3) is 0 Å². The standard InChI is InChI=1S/C30H48O3/c1-21(26(32)33)10-8-11-22(2)29(6)15-9-12-23-20-28(5,18-19-29)16-13-24-27(3,4)25(31)14-17-30(23,24)7/h9-10,12,15,22,24-25,31H,8,11,13-14,16-20H2,1-7H3,(H,32,33)/b15-9-,21-10+,23-12+/t22-,24+,25-,28-,29+,30-/m1/s1. The Labute approximate surface area is 202 Å². The molecular weight excluding hydrogens is 408 g/mol. The molecule has 3 aliphatic rings. The summed E-state index contributed by atoms with van der Waals surface area (Å²) in [5, 5.41) is 20.0. The third-order valence-corrected chi connectivity index (χ3v) is 10.4. The summed E-state index contributed by atoms with van der Waals surface area (Å²) in [4.78, 5) is 11.1. The molecule has 0 aromatic heterocycles. The first kappa shape index (κ1) is 26.3. The van der Waals surface area contributed by atoms with E-state index in [1.54, 1.807) is 12.5 Å². The van der Waals surface area contributed by atoms with Crippen molar-refractivity contribution in [3.8, 4) is 0 Å². The maximum atomic E-state index is 11.1. The normalized spacial score (nSPS) is 42.4. The highest BCUT2D eigenvalue weighted by Crippen LogP contribution is 2.62. The van der Waals surface area contributed by atoms with Crippen LogP contribution in [0.4, 0.5) is 0 Å². The van der Waals surface area contributed by atoms with E-state index in [9.17, 15) is 9.90 Å². The van der Waals surface area contributed by atoms with Crippen molar-refractivity contribution in [3.05, 3.63) is 35.5 Å². The van der Waals surface area contributed by atoms with Crippen molar-refractivity contribution in [2.24, 2.45) is 33.5 Å². The van der Waals surface area contributed by atoms with Crippen LogP contribution < -0.4 is 0 Å². The van der Waals surface area contributed by atoms with E-state index in [0.717, 1.165) is 32.1 Å². The predicted octanol–water partition coefficient (Wildman–Crippen LogP) is 7.71. The van der Waals surface area contributed by atoms with E-state index in [1.165, 1.54) is 25.7 Å². The zero-order valence-corrected chi connectivity index (χ0v) is 22.2. The number of aliphatic hydroxyl groups excluding tert-OH is 1. The molecular formula is C30H48O3. The molecule has 3 aliphatic carbocycles. The van der Waals surface area contributed by atoms with Crippen molar-refractivity contribution in [2.45, 2.75) is 112 Å².